The van der Waals surface area contributed by atoms with Crippen molar-refractivity contribution in [2.45, 2.75) is 13.2 Å². The average molecular weight is 320 g/mol. The molecule has 2 aromatic rings. The Bertz CT molecular complexity index is 636. The Kier molecular flexibility index (Phi) is 4.90. The summed E-state index contributed by atoms with van der Waals surface area (Å²) in [6.45, 7) is -3.03. The van der Waals surface area contributed by atoms with E-state index in [0.717, 1.165) is 12.1 Å². The molecule has 0 radical (unpaired) electrons. The van der Waals surface area contributed by atoms with Gasteiger partial charge in [-0.2, -0.15) is 8.78 Å². The van der Waals surface area contributed by atoms with Crippen molar-refractivity contribution in [3.8, 4) is 5.75 Å². The predicted molar refractivity (Wildman–Crippen MR) is 71.8 cm³/mol. The highest BCUT2D eigenvalue weighted by Gasteiger charge is 2.10. The van der Waals surface area contributed by atoms with E-state index < -0.39 is 24.0 Å². The van der Waals surface area contributed by atoms with Gasteiger partial charge in [-0.3, -0.25) is 0 Å². The molecule has 0 aliphatic rings. The number of hydrogen-bond acceptors (Lipinski definition) is 2. The summed E-state index contributed by atoms with van der Waals surface area (Å²) in [7, 11) is 0. The first-order valence-electron chi connectivity index (χ1n) is 5.88. The van der Waals surface area contributed by atoms with Gasteiger partial charge < -0.3 is 10.1 Å². The number of nitrogens with one attached hydrogen (secondary N) is 1. The molecule has 0 unspecified atom stereocenters. The van der Waals surface area contributed by atoms with E-state index in [1.54, 1.807) is 0 Å². The van der Waals surface area contributed by atoms with Crippen molar-refractivity contribution in [1.82, 2.24) is 0 Å². The normalized spacial score (nSPS) is 10.8. The Balaban J connectivity index is 2.07. The Morgan fingerprint density at radius 3 is 2.48 bits per heavy atom. The van der Waals surface area contributed by atoms with Gasteiger partial charge in [0.05, 0.1) is 0 Å². The molecule has 0 amide bonds. The molecule has 0 atom stereocenters. The van der Waals surface area contributed by atoms with Gasteiger partial charge >= 0.3 is 6.61 Å². The van der Waals surface area contributed by atoms with E-state index in [1.807, 2.05) is 0 Å². The number of hydrogen-bond donors (Lipinski definition) is 1. The Morgan fingerprint density at radius 2 is 1.81 bits per heavy atom. The summed E-state index contributed by atoms with van der Waals surface area (Å²) in [6.07, 6.45) is 0. The van der Waals surface area contributed by atoms with Crippen molar-refractivity contribution in [3.05, 3.63) is 58.6 Å². The third-order valence-corrected chi connectivity index (χ3v) is 2.87. The smallest absolute Gasteiger partial charge is 0.387 e. The summed E-state index contributed by atoms with van der Waals surface area (Å²) in [4.78, 5) is 0. The molecule has 21 heavy (non-hydrogen) atoms. The number of ether oxygens (including phenoxy) is 1. The van der Waals surface area contributed by atoms with Gasteiger partial charge in [0.1, 0.15) is 5.82 Å². The van der Waals surface area contributed by atoms with Crippen LogP contribution in [-0.4, -0.2) is 6.61 Å². The fraction of sp³-hybridized carbons (Fsp3) is 0.143. The zero-order chi connectivity index (χ0) is 15.4. The van der Waals surface area contributed by atoms with Crippen LogP contribution in [0.1, 0.15) is 5.56 Å². The summed E-state index contributed by atoms with van der Waals surface area (Å²) in [5, 5.41) is 3.14. The van der Waals surface area contributed by atoms with Crippen LogP contribution in [0.5, 0.6) is 5.75 Å². The molecule has 112 valence electrons. The van der Waals surface area contributed by atoms with E-state index in [0.29, 0.717) is 16.3 Å². The number of halogens is 5. The number of alkyl halides is 2. The second-order valence-electron chi connectivity index (χ2n) is 4.11. The van der Waals surface area contributed by atoms with Crippen molar-refractivity contribution in [2.24, 2.45) is 0 Å². The van der Waals surface area contributed by atoms with Gasteiger partial charge in [0.25, 0.3) is 0 Å². The van der Waals surface area contributed by atoms with E-state index in [1.165, 1.54) is 24.3 Å². The number of anilines is 1. The summed E-state index contributed by atoms with van der Waals surface area (Å²) >= 11 is 5.75. The molecule has 0 saturated heterocycles. The van der Waals surface area contributed by atoms with Crippen LogP contribution in [0.4, 0.5) is 23.2 Å². The highest BCUT2D eigenvalue weighted by molar-refractivity contribution is 6.30. The van der Waals surface area contributed by atoms with Crippen molar-refractivity contribution >= 4 is 17.3 Å². The van der Waals surface area contributed by atoms with Crippen molar-refractivity contribution in [2.75, 3.05) is 5.32 Å². The quantitative estimate of drug-likeness (QED) is 0.797. The third-order valence-electron chi connectivity index (χ3n) is 2.64. The van der Waals surface area contributed by atoms with Crippen molar-refractivity contribution < 1.29 is 22.3 Å². The molecule has 0 aromatic heterocycles. The Hall–Kier alpha value is -1.95. The van der Waals surface area contributed by atoms with Gasteiger partial charge in [0, 0.05) is 28.9 Å². The van der Waals surface area contributed by atoms with Gasteiger partial charge in [0.15, 0.2) is 11.6 Å². The lowest BCUT2D eigenvalue weighted by Crippen LogP contribution is -2.05. The minimum absolute atomic E-state index is 0.0703. The van der Waals surface area contributed by atoms with Gasteiger partial charge in [-0.05, 0) is 30.3 Å². The summed E-state index contributed by atoms with van der Waals surface area (Å²) in [6, 6.07) is 7.48. The van der Waals surface area contributed by atoms with Crippen LogP contribution in [0.25, 0.3) is 0 Å². The van der Waals surface area contributed by atoms with Gasteiger partial charge in [0.2, 0.25) is 0 Å². The molecule has 7 heteroatoms. The fourth-order valence-electron chi connectivity index (χ4n) is 1.68. The first-order valence-corrected chi connectivity index (χ1v) is 6.25. The first-order chi connectivity index (χ1) is 9.95. The number of benzene rings is 2. The second-order valence-corrected chi connectivity index (χ2v) is 4.55. The van der Waals surface area contributed by atoms with Gasteiger partial charge in [-0.1, -0.05) is 11.6 Å². The molecular formula is C14H10ClF4NO. The lowest BCUT2D eigenvalue weighted by atomic mass is 10.2. The van der Waals surface area contributed by atoms with Crippen LogP contribution in [-0.2, 0) is 6.54 Å². The van der Waals surface area contributed by atoms with Crippen LogP contribution in [0.2, 0.25) is 5.02 Å². The van der Waals surface area contributed by atoms with E-state index in [4.69, 9.17) is 11.6 Å². The van der Waals surface area contributed by atoms with E-state index in [2.05, 4.69) is 10.1 Å². The SMILES string of the molecule is Fc1ccc(Cl)cc1CNc1ccc(OC(F)F)c(F)c1. The molecule has 0 fully saturated rings. The minimum atomic E-state index is -3.10. The zero-order valence-corrected chi connectivity index (χ0v) is 11.3. The lowest BCUT2D eigenvalue weighted by Gasteiger charge is -2.10. The van der Waals surface area contributed by atoms with Crippen LogP contribution >= 0.6 is 11.6 Å². The Labute approximate surface area is 123 Å². The van der Waals surface area contributed by atoms with E-state index in [9.17, 15) is 17.6 Å². The molecule has 2 nitrogen and oxygen atoms in total. The second kappa shape index (κ2) is 6.67. The van der Waals surface area contributed by atoms with Gasteiger partial charge in [-0.25, -0.2) is 8.78 Å². The first kappa shape index (κ1) is 15.4. The van der Waals surface area contributed by atoms with Crippen LogP contribution in [0.3, 0.4) is 0 Å². The standard InChI is InChI=1S/C14H10ClF4NO/c15-9-1-3-11(16)8(5-9)7-20-10-2-4-13(12(17)6-10)21-14(18)19/h1-6,14,20H,7H2. The maximum atomic E-state index is 13.5. The zero-order valence-electron chi connectivity index (χ0n) is 10.5. The van der Waals surface area contributed by atoms with Crippen molar-refractivity contribution in [1.29, 1.82) is 0 Å². The molecule has 2 rings (SSSR count). The highest BCUT2D eigenvalue weighted by atomic mass is 35.5. The number of rotatable bonds is 5. The molecule has 0 aliphatic heterocycles. The maximum absolute atomic E-state index is 13.5. The monoisotopic (exact) mass is 319 g/mol. The largest absolute Gasteiger partial charge is 0.432 e. The maximum Gasteiger partial charge on any atom is 0.387 e. The van der Waals surface area contributed by atoms with E-state index >= 15 is 0 Å². The summed E-state index contributed by atoms with van der Waals surface area (Å²) in [5.41, 5.74) is 0.601. The predicted octanol–water partition coefficient (Wildman–Crippen LogP) is 4.83. The van der Waals surface area contributed by atoms with Crippen LogP contribution in [0.15, 0.2) is 36.4 Å². The Morgan fingerprint density at radius 1 is 1.05 bits per heavy atom. The van der Waals surface area contributed by atoms with Gasteiger partial charge in [-0.15, -0.1) is 0 Å². The minimum Gasteiger partial charge on any atom is -0.432 e. The topological polar surface area (TPSA) is 21.3 Å². The molecule has 2 aromatic carbocycles. The molecule has 0 spiro atoms. The molecular weight excluding hydrogens is 310 g/mol. The summed E-state index contributed by atoms with van der Waals surface area (Å²) in [5.74, 6) is -1.94. The summed E-state index contributed by atoms with van der Waals surface area (Å²) < 4.78 is 54.9. The lowest BCUT2D eigenvalue weighted by molar-refractivity contribution is -0.0521. The van der Waals surface area contributed by atoms with Crippen LogP contribution in [0, 0.1) is 11.6 Å². The molecule has 1 N–H and O–H groups in total. The molecule has 0 aliphatic carbocycles. The molecule has 0 saturated carbocycles. The van der Waals surface area contributed by atoms with Crippen LogP contribution < -0.4 is 10.1 Å². The van der Waals surface area contributed by atoms with Crippen molar-refractivity contribution in [3.63, 3.8) is 0 Å². The average Bonchev–Trinajstić information content (AvgIpc) is 2.42. The molecule has 0 heterocycles. The van der Waals surface area contributed by atoms with E-state index in [-0.39, 0.29) is 6.54 Å². The third kappa shape index (κ3) is 4.26. The fourth-order valence-corrected chi connectivity index (χ4v) is 1.87. The molecule has 0 bridgehead atoms. The highest BCUT2D eigenvalue weighted by Crippen LogP contribution is 2.23.